The molecule has 1 N–H and O–H groups in total. The van der Waals surface area contributed by atoms with E-state index in [4.69, 9.17) is 11.6 Å². The van der Waals surface area contributed by atoms with Gasteiger partial charge in [0.15, 0.2) is 0 Å². The lowest BCUT2D eigenvalue weighted by Gasteiger charge is -2.33. The molecule has 0 spiro atoms. The molecule has 0 aliphatic rings. The van der Waals surface area contributed by atoms with Crippen molar-refractivity contribution >= 4 is 39.1 Å². The first-order chi connectivity index (χ1) is 19.5. The van der Waals surface area contributed by atoms with Gasteiger partial charge in [-0.15, -0.1) is 0 Å². The Balaban J connectivity index is 2.07. The van der Waals surface area contributed by atoms with E-state index in [2.05, 4.69) is 5.32 Å². The number of carbonyl (C=O) groups is 2. The summed E-state index contributed by atoms with van der Waals surface area (Å²) >= 11 is 5.79. The van der Waals surface area contributed by atoms with E-state index in [9.17, 15) is 31.2 Å². The van der Waals surface area contributed by atoms with Crippen LogP contribution in [0.4, 0.5) is 18.9 Å². The zero-order chi connectivity index (χ0) is 31.3. The molecule has 226 valence electrons. The average Bonchev–Trinajstić information content (AvgIpc) is 2.91. The maximum atomic E-state index is 13.9. The second-order valence-electron chi connectivity index (χ2n) is 10.7. The van der Waals surface area contributed by atoms with E-state index in [-0.39, 0.29) is 11.4 Å². The van der Waals surface area contributed by atoms with Crippen LogP contribution >= 0.6 is 11.6 Å². The van der Waals surface area contributed by atoms with E-state index in [0.29, 0.717) is 16.8 Å². The third kappa shape index (κ3) is 8.48. The fourth-order valence-electron chi connectivity index (χ4n) is 4.18. The van der Waals surface area contributed by atoms with Crippen molar-refractivity contribution in [3.05, 3.63) is 95.0 Å². The number of nitrogens with one attached hydrogen (secondary N) is 1. The zero-order valence-corrected chi connectivity index (χ0v) is 25.2. The molecule has 0 bridgehead atoms. The maximum absolute atomic E-state index is 13.9. The third-order valence-corrected chi connectivity index (χ3v) is 8.42. The van der Waals surface area contributed by atoms with Crippen molar-refractivity contribution in [3.63, 3.8) is 0 Å². The summed E-state index contributed by atoms with van der Waals surface area (Å²) in [7, 11) is -4.52. The molecule has 3 aromatic carbocycles. The number of amides is 2. The van der Waals surface area contributed by atoms with Crippen LogP contribution in [0.1, 0.15) is 38.8 Å². The van der Waals surface area contributed by atoms with Gasteiger partial charge in [0, 0.05) is 12.1 Å². The number of nitrogens with zero attached hydrogens (tertiary/aromatic N) is 2. The minimum atomic E-state index is -4.87. The van der Waals surface area contributed by atoms with E-state index in [1.807, 2.05) is 30.3 Å². The molecular formula is C30H33ClF3N3O4S. The SMILES string of the molecule is C[C@@H](C(=O)NC(C)(C)C)N(CCc1ccccc1)C(=O)CN(c1ccc(Cl)c(C(F)(F)F)c1)S(=O)(=O)c1ccccc1. The summed E-state index contributed by atoms with van der Waals surface area (Å²) in [5.74, 6) is -1.24. The van der Waals surface area contributed by atoms with E-state index < -0.39 is 62.4 Å². The lowest BCUT2D eigenvalue weighted by Crippen LogP contribution is -2.55. The second kappa shape index (κ2) is 13.2. The molecule has 0 aliphatic carbocycles. The van der Waals surface area contributed by atoms with E-state index in [0.717, 1.165) is 17.7 Å². The molecule has 0 fully saturated rings. The quantitative estimate of drug-likeness (QED) is 0.303. The number of carbonyl (C=O) groups excluding carboxylic acids is 2. The van der Waals surface area contributed by atoms with Gasteiger partial charge in [0.25, 0.3) is 10.0 Å². The fourth-order valence-corrected chi connectivity index (χ4v) is 5.83. The summed E-state index contributed by atoms with van der Waals surface area (Å²) in [6.07, 6.45) is -4.52. The van der Waals surface area contributed by atoms with E-state index >= 15 is 0 Å². The van der Waals surface area contributed by atoms with Crippen molar-refractivity contribution in [1.29, 1.82) is 0 Å². The molecule has 1 atom stereocenters. The number of anilines is 1. The largest absolute Gasteiger partial charge is 0.417 e. The Labute approximate surface area is 249 Å². The highest BCUT2D eigenvalue weighted by molar-refractivity contribution is 7.92. The van der Waals surface area contributed by atoms with Crippen molar-refractivity contribution in [2.45, 2.75) is 56.8 Å². The van der Waals surface area contributed by atoms with E-state index in [1.165, 1.54) is 36.1 Å². The van der Waals surface area contributed by atoms with Gasteiger partial charge in [0.1, 0.15) is 12.6 Å². The van der Waals surface area contributed by atoms with Gasteiger partial charge < -0.3 is 10.2 Å². The van der Waals surface area contributed by atoms with Gasteiger partial charge in [-0.05, 0) is 70.0 Å². The predicted octanol–water partition coefficient (Wildman–Crippen LogP) is 5.93. The second-order valence-corrected chi connectivity index (χ2v) is 13.0. The first-order valence-corrected chi connectivity index (χ1v) is 14.9. The Bertz CT molecular complexity index is 1500. The third-order valence-electron chi connectivity index (χ3n) is 6.30. The molecule has 0 saturated heterocycles. The standard InChI is InChI=1S/C30H33ClF3N3O4S/c1-21(28(39)35-29(2,3)4)36(18-17-22-11-7-5-8-12-22)27(38)20-37(42(40,41)24-13-9-6-10-14-24)23-15-16-26(31)25(19-23)30(32,33)34/h5-16,19,21H,17-18,20H2,1-4H3,(H,35,39)/t21-/m0/s1. The molecule has 0 aromatic heterocycles. The lowest BCUT2D eigenvalue weighted by atomic mass is 10.1. The van der Waals surface area contributed by atoms with Gasteiger partial charge in [-0.1, -0.05) is 60.1 Å². The maximum Gasteiger partial charge on any atom is 0.417 e. The number of hydrogen-bond acceptors (Lipinski definition) is 4. The number of benzene rings is 3. The Morgan fingerprint density at radius 1 is 0.929 bits per heavy atom. The molecule has 0 unspecified atom stereocenters. The summed E-state index contributed by atoms with van der Waals surface area (Å²) in [4.78, 5) is 28.0. The van der Waals surface area contributed by atoms with Crippen LogP contribution in [0.3, 0.4) is 0 Å². The van der Waals surface area contributed by atoms with Gasteiger partial charge in [0.2, 0.25) is 11.8 Å². The molecule has 3 aromatic rings. The minimum absolute atomic E-state index is 0.0508. The summed E-state index contributed by atoms with van der Waals surface area (Å²) in [5, 5.41) is 2.20. The summed E-state index contributed by atoms with van der Waals surface area (Å²) in [6, 6.07) is 17.9. The number of hydrogen-bond donors (Lipinski definition) is 1. The van der Waals surface area contributed by atoms with E-state index in [1.54, 1.807) is 26.8 Å². The van der Waals surface area contributed by atoms with Crippen molar-refractivity contribution in [3.8, 4) is 0 Å². The molecule has 12 heteroatoms. The first-order valence-electron chi connectivity index (χ1n) is 13.1. The Morgan fingerprint density at radius 2 is 1.50 bits per heavy atom. The Morgan fingerprint density at radius 3 is 2.05 bits per heavy atom. The first kappa shape index (κ1) is 32.9. The van der Waals surface area contributed by atoms with Crippen LogP contribution in [-0.4, -0.2) is 49.8 Å². The monoisotopic (exact) mass is 623 g/mol. The summed E-state index contributed by atoms with van der Waals surface area (Å²) in [5.41, 5.74) is -1.39. The normalized spacial score (nSPS) is 12.9. The van der Waals surface area contributed by atoms with Gasteiger partial charge in [-0.25, -0.2) is 8.42 Å². The molecule has 7 nitrogen and oxygen atoms in total. The number of alkyl halides is 3. The smallest absolute Gasteiger partial charge is 0.350 e. The van der Waals surface area contributed by atoms with Crippen LogP contribution in [0.2, 0.25) is 5.02 Å². The van der Waals surface area contributed by atoms with Crippen LogP contribution in [0.15, 0.2) is 83.8 Å². The summed E-state index contributed by atoms with van der Waals surface area (Å²) in [6.45, 7) is 6.04. The van der Waals surface area contributed by atoms with Crippen LogP contribution in [0.5, 0.6) is 0 Å². The molecule has 0 saturated carbocycles. The Hall–Kier alpha value is -3.57. The van der Waals surface area contributed by atoms with Gasteiger partial charge in [-0.2, -0.15) is 13.2 Å². The lowest BCUT2D eigenvalue weighted by molar-refractivity contribution is -0.139. The summed E-state index contributed by atoms with van der Waals surface area (Å²) < 4.78 is 69.3. The van der Waals surface area contributed by atoms with Crippen molar-refractivity contribution in [1.82, 2.24) is 10.2 Å². The highest BCUT2D eigenvalue weighted by Crippen LogP contribution is 2.38. The molecule has 2 amide bonds. The van der Waals surface area contributed by atoms with Crippen molar-refractivity contribution in [2.75, 3.05) is 17.4 Å². The van der Waals surface area contributed by atoms with Crippen molar-refractivity contribution < 1.29 is 31.2 Å². The fraction of sp³-hybridized carbons (Fsp3) is 0.333. The molecule has 0 radical (unpaired) electrons. The Kier molecular flexibility index (Phi) is 10.3. The zero-order valence-electron chi connectivity index (χ0n) is 23.7. The van der Waals surface area contributed by atoms with Gasteiger partial charge in [0.05, 0.1) is 21.2 Å². The van der Waals surface area contributed by atoms with Crippen LogP contribution in [0.25, 0.3) is 0 Å². The van der Waals surface area contributed by atoms with Crippen LogP contribution in [-0.2, 0) is 32.2 Å². The number of rotatable bonds is 10. The highest BCUT2D eigenvalue weighted by Gasteiger charge is 2.37. The van der Waals surface area contributed by atoms with Crippen LogP contribution < -0.4 is 9.62 Å². The molecule has 42 heavy (non-hydrogen) atoms. The minimum Gasteiger partial charge on any atom is -0.350 e. The molecular weight excluding hydrogens is 591 g/mol. The van der Waals surface area contributed by atoms with Gasteiger partial charge in [-0.3, -0.25) is 13.9 Å². The number of sulfonamides is 1. The highest BCUT2D eigenvalue weighted by atomic mass is 35.5. The topological polar surface area (TPSA) is 86.8 Å². The van der Waals surface area contributed by atoms with Crippen molar-refractivity contribution in [2.24, 2.45) is 0 Å². The predicted molar refractivity (Wildman–Crippen MR) is 157 cm³/mol. The molecule has 0 heterocycles. The van der Waals surface area contributed by atoms with Gasteiger partial charge >= 0.3 is 6.18 Å². The molecule has 3 rings (SSSR count). The molecule has 0 aliphatic heterocycles. The number of halogens is 4. The van der Waals surface area contributed by atoms with Crippen LogP contribution in [0, 0.1) is 0 Å². The average molecular weight is 624 g/mol.